The first-order valence-corrected chi connectivity index (χ1v) is 5.01. The largest absolute Gasteiger partial charge is 0.343 e. The van der Waals surface area contributed by atoms with Gasteiger partial charge in [0.25, 0.3) is 0 Å². The maximum atomic E-state index is 4.26. The Labute approximate surface area is 83.7 Å². The predicted molar refractivity (Wildman–Crippen MR) is 55.0 cm³/mol. The molecule has 0 atom stereocenters. The summed E-state index contributed by atoms with van der Waals surface area (Å²) < 4.78 is 0. The molecule has 0 bridgehead atoms. The molecule has 1 N–H and O–H groups in total. The van der Waals surface area contributed by atoms with Gasteiger partial charge >= 0.3 is 0 Å². The van der Waals surface area contributed by atoms with Crippen LogP contribution in [0.2, 0.25) is 0 Å². The second kappa shape index (κ2) is 2.88. The molecule has 0 aliphatic heterocycles. The fraction of sp³-hybridized carbons (Fsp3) is 0. The normalized spacial score (nSPS) is 10.9. The lowest BCUT2D eigenvalue weighted by atomic mass is 10.2. The van der Waals surface area contributed by atoms with E-state index in [1.54, 1.807) is 30.1 Å². The number of H-pyrrole nitrogens is 1. The maximum absolute atomic E-state index is 4.26. The van der Waals surface area contributed by atoms with E-state index in [9.17, 15) is 0 Å². The summed E-state index contributed by atoms with van der Waals surface area (Å²) in [5.74, 6) is 0. The van der Waals surface area contributed by atoms with Gasteiger partial charge in [0, 0.05) is 23.3 Å². The van der Waals surface area contributed by atoms with Crippen molar-refractivity contribution in [3.63, 3.8) is 0 Å². The second-order valence-electron chi connectivity index (χ2n) is 2.80. The first-order valence-electron chi connectivity index (χ1n) is 4.13. The zero-order valence-corrected chi connectivity index (χ0v) is 7.95. The highest BCUT2D eigenvalue weighted by molar-refractivity contribution is 7.13. The molecule has 3 rings (SSSR count). The Bertz CT molecular complexity index is 555. The minimum absolute atomic E-state index is 0.734. The second-order valence-corrected chi connectivity index (χ2v) is 3.69. The fourth-order valence-electron chi connectivity index (χ4n) is 1.38. The third kappa shape index (κ3) is 1.03. The Morgan fingerprint density at radius 2 is 2.14 bits per heavy atom. The van der Waals surface area contributed by atoms with Gasteiger partial charge in [0.1, 0.15) is 5.01 Å². The Balaban J connectivity index is 2.36. The molecule has 14 heavy (non-hydrogen) atoms. The summed E-state index contributed by atoms with van der Waals surface area (Å²) in [4.78, 5) is 15.6. The van der Waals surface area contributed by atoms with Crippen molar-refractivity contribution in [3.05, 3.63) is 30.2 Å². The topological polar surface area (TPSA) is 54.5 Å². The maximum Gasteiger partial charge on any atom is 0.178 e. The Morgan fingerprint density at radius 3 is 3.00 bits per heavy atom. The molecular weight excluding hydrogens is 196 g/mol. The standard InChI is InChI=1S/C9H6N4S/c1-2-10-8-7(12-5-13-8)6(1)9-11-3-4-14-9/h1-5H,(H,10,12,13). The lowest BCUT2D eigenvalue weighted by Gasteiger charge is -1.96. The number of aromatic nitrogens is 4. The van der Waals surface area contributed by atoms with Crippen molar-refractivity contribution in [2.45, 2.75) is 0 Å². The van der Waals surface area contributed by atoms with Gasteiger partial charge in [-0.1, -0.05) is 0 Å². The molecule has 0 amide bonds. The molecule has 4 nitrogen and oxygen atoms in total. The molecule has 68 valence electrons. The molecule has 3 aromatic rings. The van der Waals surface area contributed by atoms with Crippen molar-refractivity contribution in [3.8, 4) is 10.6 Å². The zero-order chi connectivity index (χ0) is 9.38. The molecule has 0 saturated carbocycles. The Morgan fingerprint density at radius 1 is 1.14 bits per heavy atom. The van der Waals surface area contributed by atoms with Crippen LogP contribution in [-0.4, -0.2) is 19.9 Å². The Kier molecular flexibility index (Phi) is 1.57. The lowest BCUT2D eigenvalue weighted by Crippen LogP contribution is -1.81. The first kappa shape index (κ1) is 7.64. The molecular formula is C9H6N4S. The van der Waals surface area contributed by atoms with Crippen LogP contribution in [0.1, 0.15) is 0 Å². The van der Waals surface area contributed by atoms with Crippen LogP contribution in [0, 0.1) is 0 Å². The SMILES string of the molecule is c1csc(-c2ccnc3nc[nH]c23)n1. The van der Waals surface area contributed by atoms with Crippen molar-refractivity contribution in [1.82, 2.24) is 19.9 Å². The predicted octanol–water partition coefficient (Wildman–Crippen LogP) is 2.08. The van der Waals surface area contributed by atoms with Crippen LogP contribution in [0.25, 0.3) is 21.7 Å². The summed E-state index contributed by atoms with van der Waals surface area (Å²) in [5.41, 5.74) is 2.74. The third-order valence-corrected chi connectivity index (χ3v) is 2.80. The van der Waals surface area contributed by atoms with Crippen molar-refractivity contribution >= 4 is 22.5 Å². The highest BCUT2D eigenvalue weighted by atomic mass is 32.1. The number of fused-ring (bicyclic) bond motifs is 1. The van der Waals surface area contributed by atoms with Crippen LogP contribution < -0.4 is 0 Å². The number of imidazole rings is 1. The van der Waals surface area contributed by atoms with E-state index in [4.69, 9.17) is 0 Å². The first-order chi connectivity index (χ1) is 6.95. The van der Waals surface area contributed by atoms with Gasteiger partial charge < -0.3 is 4.98 Å². The van der Waals surface area contributed by atoms with Crippen molar-refractivity contribution in [2.24, 2.45) is 0 Å². The molecule has 0 aliphatic rings. The molecule has 0 radical (unpaired) electrons. The molecule has 0 saturated heterocycles. The monoisotopic (exact) mass is 202 g/mol. The van der Waals surface area contributed by atoms with Crippen LogP contribution in [0.4, 0.5) is 0 Å². The molecule has 0 fully saturated rings. The number of nitrogens with one attached hydrogen (secondary N) is 1. The summed E-state index contributed by atoms with van der Waals surface area (Å²) in [6.45, 7) is 0. The van der Waals surface area contributed by atoms with E-state index in [0.717, 1.165) is 21.7 Å². The average molecular weight is 202 g/mol. The smallest absolute Gasteiger partial charge is 0.178 e. The third-order valence-electron chi connectivity index (χ3n) is 1.99. The van der Waals surface area contributed by atoms with Gasteiger partial charge in [-0.15, -0.1) is 11.3 Å². The summed E-state index contributed by atoms with van der Waals surface area (Å²) in [6.07, 6.45) is 5.19. The van der Waals surface area contributed by atoms with Gasteiger partial charge in [0.15, 0.2) is 5.65 Å². The van der Waals surface area contributed by atoms with Crippen LogP contribution >= 0.6 is 11.3 Å². The van der Waals surface area contributed by atoms with Crippen LogP contribution in [0.15, 0.2) is 30.2 Å². The Hall–Kier alpha value is -1.75. The number of hydrogen-bond acceptors (Lipinski definition) is 4. The van der Waals surface area contributed by atoms with Crippen molar-refractivity contribution < 1.29 is 0 Å². The zero-order valence-electron chi connectivity index (χ0n) is 7.14. The minimum Gasteiger partial charge on any atom is -0.343 e. The fourth-order valence-corrected chi connectivity index (χ4v) is 2.05. The summed E-state index contributed by atoms with van der Waals surface area (Å²) in [7, 11) is 0. The van der Waals surface area contributed by atoms with Crippen LogP contribution in [-0.2, 0) is 0 Å². The lowest BCUT2D eigenvalue weighted by molar-refractivity contribution is 1.30. The molecule has 0 unspecified atom stereocenters. The molecule has 0 aromatic carbocycles. The number of hydrogen-bond donors (Lipinski definition) is 1. The molecule has 3 aromatic heterocycles. The van der Waals surface area contributed by atoms with E-state index in [-0.39, 0.29) is 0 Å². The van der Waals surface area contributed by atoms with E-state index in [0.29, 0.717) is 0 Å². The quantitative estimate of drug-likeness (QED) is 0.657. The molecule has 0 spiro atoms. The van der Waals surface area contributed by atoms with Gasteiger partial charge in [-0.05, 0) is 6.07 Å². The van der Waals surface area contributed by atoms with Gasteiger partial charge in [-0.3, -0.25) is 0 Å². The van der Waals surface area contributed by atoms with Gasteiger partial charge in [0.05, 0.1) is 11.8 Å². The van der Waals surface area contributed by atoms with Crippen LogP contribution in [0.3, 0.4) is 0 Å². The van der Waals surface area contributed by atoms with Crippen molar-refractivity contribution in [1.29, 1.82) is 0 Å². The summed E-state index contributed by atoms with van der Waals surface area (Å²) in [6, 6.07) is 1.94. The van der Waals surface area contributed by atoms with Gasteiger partial charge in [-0.2, -0.15) is 0 Å². The van der Waals surface area contributed by atoms with E-state index in [1.807, 2.05) is 11.4 Å². The number of rotatable bonds is 1. The van der Waals surface area contributed by atoms with E-state index < -0.39 is 0 Å². The van der Waals surface area contributed by atoms with Crippen LogP contribution in [0.5, 0.6) is 0 Å². The highest BCUT2D eigenvalue weighted by Crippen LogP contribution is 2.26. The molecule has 3 heterocycles. The molecule has 0 aliphatic carbocycles. The number of nitrogens with zero attached hydrogens (tertiary/aromatic N) is 3. The summed E-state index contributed by atoms with van der Waals surface area (Å²) >= 11 is 1.61. The summed E-state index contributed by atoms with van der Waals surface area (Å²) in [5, 5.41) is 2.94. The number of thiazole rings is 1. The van der Waals surface area contributed by atoms with E-state index in [1.165, 1.54) is 0 Å². The molecule has 5 heteroatoms. The van der Waals surface area contributed by atoms with Gasteiger partial charge in [0.2, 0.25) is 0 Å². The van der Waals surface area contributed by atoms with Gasteiger partial charge in [-0.25, -0.2) is 15.0 Å². The number of pyridine rings is 1. The van der Waals surface area contributed by atoms with Crippen molar-refractivity contribution in [2.75, 3.05) is 0 Å². The van der Waals surface area contributed by atoms with E-state index in [2.05, 4.69) is 19.9 Å². The van der Waals surface area contributed by atoms with E-state index >= 15 is 0 Å². The minimum atomic E-state index is 0.734. The average Bonchev–Trinajstić information content (AvgIpc) is 2.88. The highest BCUT2D eigenvalue weighted by Gasteiger charge is 2.07. The number of aromatic amines is 1.